The van der Waals surface area contributed by atoms with E-state index in [1.165, 1.54) is 10.5 Å². The Hall–Kier alpha value is -2.04. The number of aryl methyl sites for hydroxylation is 1. The van der Waals surface area contributed by atoms with Crippen molar-refractivity contribution in [1.82, 2.24) is 4.90 Å². The van der Waals surface area contributed by atoms with Crippen molar-refractivity contribution in [1.29, 1.82) is 0 Å². The van der Waals surface area contributed by atoms with Crippen molar-refractivity contribution in [3.05, 3.63) is 29.8 Å². The molecule has 2 N–H and O–H groups in total. The summed E-state index contributed by atoms with van der Waals surface area (Å²) in [6, 6.07) is 6.54. The van der Waals surface area contributed by atoms with E-state index in [2.05, 4.69) is 12.2 Å². The Labute approximate surface area is 125 Å². The highest BCUT2D eigenvalue weighted by Gasteiger charge is 2.37. The van der Waals surface area contributed by atoms with E-state index in [1.54, 1.807) is 0 Å². The van der Waals surface area contributed by atoms with E-state index in [9.17, 15) is 14.7 Å². The molecule has 0 aliphatic carbocycles. The number of nitrogens with one attached hydrogen (secondary N) is 1. The van der Waals surface area contributed by atoms with Gasteiger partial charge in [-0.3, -0.25) is 0 Å². The topological polar surface area (TPSA) is 69.6 Å². The molecule has 0 spiro atoms. The molecule has 1 aliphatic rings. The average Bonchev–Trinajstić information content (AvgIpc) is 2.47. The lowest BCUT2D eigenvalue weighted by Crippen LogP contribution is -2.53. The first-order valence-corrected chi connectivity index (χ1v) is 7.42. The lowest BCUT2D eigenvalue weighted by molar-refractivity contribution is -0.145. The van der Waals surface area contributed by atoms with Gasteiger partial charge in [0.25, 0.3) is 0 Å². The first kappa shape index (κ1) is 15.4. The Morgan fingerprint density at radius 2 is 2.00 bits per heavy atom. The zero-order chi connectivity index (χ0) is 15.4. The summed E-state index contributed by atoms with van der Waals surface area (Å²) in [6.07, 6.45) is 2.62. The Morgan fingerprint density at radius 3 is 2.57 bits per heavy atom. The van der Waals surface area contributed by atoms with Crippen LogP contribution in [0, 0.1) is 5.92 Å². The van der Waals surface area contributed by atoms with E-state index >= 15 is 0 Å². The fourth-order valence-electron chi connectivity index (χ4n) is 2.81. The van der Waals surface area contributed by atoms with Crippen LogP contribution in [0.3, 0.4) is 0 Å². The summed E-state index contributed by atoms with van der Waals surface area (Å²) in [4.78, 5) is 25.2. The Balaban J connectivity index is 2.08. The van der Waals surface area contributed by atoms with Gasteiger partial charge in [-0.05, 0) is 42.9 Å². The molecule has 2 atom stereocenters. The molecule has 1 aliphatic heterocycles. The predicted octanol–water partition coefficient (Wildman–Crippen LogP) is 2.97. The van der Waals surface area contributed by atoms with Gasteiger partial charge in [-0.2, -0.15) is 0 Å². The van der Waals surface area contributed by atoms with Gasteiger partial charge in [0.15, 0.2) is 0 Å². The molecule has 5 nitrogen and oxygen atoms in total. The molecule has 2 amide bonds. The van der Waals surface area contributed by atoms with Gasteiger partial charge in [-0.1, -0.05) is 26.0 Å². The second-order valence-electron chi connectivity index (χ2n) is 5.58. The van der Waals surface area contributed by atoms with Gasteiger partial charge in [0.1, 0.15) is 6.04 Å². The zero-order valence-electron chi connectivity index (χ0n) is 12.5. The van der Waals surface area contributed by atoms with Crippen LogP contribution in [0.4, 0.5) is 10.5 Å². The van der Waals surface area contributed by atoms with Crippen LogP contribution in [0.1, 0.15) is 32.3 Å². The van der Waals surface area contributed by atoms with Crippen LogP contribution in [-0.4, -0.2) is 34.6 Å². The molecular weight excluding hydrogens is 268 g/mol. The fourth-order valence-corrected chi connectivity index (χ4v) is 2.81. The molecular formula is C16H22N2O3. The lowest BCUT2D eigenvalue weighted by atomic mass is 9.91. The minimum Gasteiger partial charge on any atom is -0.480 e. The molecule has 0 bridgehead atoms. The van der Waals surface area contributed by atoms with E-state index in [0.29, 0.717) is 12.2 Å². The van der Waals surface area contributed by atoms with Gasteiger partial charge in [0, 0.05) is 12.2 Å². The minimum absolute atomic E-state index is 0.0236. The van der Waals surface area contributed by atoms with Crippen LogP contribution < -0.4 is 5.32 Å². The van der Waals surface area contributed by atoms with E-state index in [4.69, 9.17) is 0 Å². The van der Waals surface area contributed by atoms with E-state index in [0.717, 1.165) is 19.3 Å². The third kappa shape index (κ3) is 3.54. The normalized spacial score (nSPS) is 21.9. The molecule has 1 fully saturated rings. The number of urea groups is 1. The SMILES string of the molecule is CCc1ccc(NC(=O)N2CCCC(C)C2C(=O)O)cc1. The number of carboxylic acids is 1. The van der Waals surface area contributed by atoms with E-state index in [-0.39, 0.29) is 11.9 Å². The second kappa shape index (κ2) is 6.61. The molecule has 2 unspecified atom stereocenters. The van der Waals surface area contributed by atoms with Crippen molar-refractivity contribution in [2.45, 2.75) is 39.2 Å². The highest BCUT2D eigenvalue weighted by Crippen LogP contribution is 2.24. The number of likely N-dealkylation sites (tertiary alicyclic amines) is 1. The number of hydrogen-bond acceptors (Lipinski definition) is 2. The predicted molar refractivity (Wildman–Crippen MR) is 81.4 cm³/mol. The van der Waals surface area contributed by atoms with Gasteiger partial charge in [-0.25, -0.2) is 9.59 Å². The van der Waals surface area contributed by atoms with Gasteiger partial charge in [0.2, 0.25) is 0 Å². The van der Waals surface area contributed by atoms with Crippen molar-refractivity contribution in [3.63, 3.8) is 0 Å². The number of carbonyl (C=O) groups is 2. The van der Waals surface area contributed by atoms with Crippen LogP contribution in [0.15, 0.2) is 24.3 Å². The summed E-state index contributed by atoms with van der Waals surface area (Å²) in [5, 5.41) is 12.1. The summed E-state index contributed by atoms with van der Waals surface area (Å²) in [5.41, 5.74) is 1.89. The van der Waals surface area contributed by atoms with Gasteiger partial charge in [0.05, 0.1) is 0 Å². The van der Waals surface area contributed by atoms with Crippen LogP contribution in [-0.2, 0) is 11.2 Å². The number of aliphatic carboxylic acids is 1. The van der Waals surface area contributed by atoms with Gasteiger partial charge < -0.3 is 15.3 Å². The number of carboxylic acid groups (broad SMARTS) is 1. The van der Waals surface area contributed by atoms with Crippen LogP contribution >= 0.6 is 0 Å². The molecule has 114 valence electrons. The second-order valence-corrected chi connectivity index (χ2v) is 5.58. The molecule has 2 rings (SSSR count). The lowest BCUT2D eigenvalue weighted by Gasteiger charge is -2.37. The monoisotopic (exact) mass is 290 g/mol. The van der Waals surface area contributed by atoms with Crippen molar-refractivity contribution in [3.8, 4) is 0 Å². The molecule has 0 aromatic heterocycles. The maximum Gasteiger partial charge on any atom is 0.326 e. The van der Waals surface area contributed by atoms with Crippen molar-refractivity contribution in [2.75, 3.05) is 11.9 Å². The summed E-state index contributed by atoms with van der Waals surface area (Å²) in [6.45, 7) is 4.44. The molecule has 1 aromatic carbocycles. The molecule has 5 heteroatoms. The first-order valence-electron chi connectivity index (χ1n) is 7.42. The third-order valence-electron chi connectivity index (χ3n) is 4.06. The van der Waals surface area contributed by atoms with Gasteiger partial charge in [-0.15, -0.1) is 0 Å². The number of piperidine rings is 1. The van der Waals surface area contributed by atoms with Crippen molar-refractivity contribution >= 4 is 17.7 Å². The van der Waals surface area contributed by atoms with Crippen LogP contribution in [0.5, 0.6) is 0 Å². The highest BCUT2D eigenvalue weighted by atomic mass is 16.4. The Bertz CT molecular complexity index is 513. The largest absolute Gasteiger partial charge is 0.480 e. The number of carbonyl (C=O) groups excluding carboxylic acids is 1. The molecule has 0 radical (unpaired) electrons. The van der Waals surface area contributed by atoms with Crippen LogP contribution in [0.25, 0.3) is 0 Å². The fraction of sp³-hybridized carbons (Fsp3) is 0.500. The smallest absolute Gasteiger partial charge is 0.326 e. The number of rotatable bonds is 3. The number of anilines is 1. The number of hydrogen-bond donors (Lipinski definition) is 2. The molecule has 0 saturated carbocycles. The molecule has 1 saturated heterocycles. The summed E-state index contributed by atoms with van der Waals surface area (Å²) in [5.74, 6) is -0.955. The Morgan fingerprint density at radius 1 is 1.33 bits per heavy atom. The Kier molecular flexibility index (Phi) is 4.83. The third-order valence-corrected chi connectivity index (χ3v) is 4.06. The summed E-state index contributed by atoms with van der Waals surface area (Å²) >= 11 is 0. The highest BCUT2D eigenvalue weighted by molar-refractivity contribution is 5.92. The first-order chi connectivity index (χ1) is 10.0. The van der Waals surface area contributed by atoms with Crippen molar-refractivity contribution < 1.29 is 14.7 Å². The zero-order valence-corrected chi connectivity index (χ0v) is 12.5. The quantitative estimate of drug-likeness (QED) is 0.899. The molecule has 21 heavy (non-hydrogen) atoms. The summed E-state index contributed by atoms with van der Waals surface area (Å²) < 4.78 is 0. The van der Waals surface area contributed by atoms with Crippen molar-refractivity contribution in [2.24, 2.45) is 5.92 Å². The summed E-state index contributed by atoms with van der Waals surface area (Å²) in [7, 11) is 0. The van der Waals surface area contributed by atoms with Gasteiger partial charge >= 0.3 is 12.0 Å². The molecule has 1 aromatic rings. The van der Waals surface area contributed by atoms with Crippen LogP contribution in [0.2, 0.25) is 0 Å². The standard InChI is InChI=1S/C16H22N2O3/c1-3-12-6-8-13(9-7-12)17-16(21)18-10-4-5-11(2)14(18)15(19)20/h6-9,11,14H,3-5,10H2,1-2H3,(H,17,21)(H,19,20). The molecule has 1 heterocycles. The number of amides is 2. The number of nitrogens with zero attached hydrogens (tertiary/aromatic N) is 1. The maximum absolute atomic E-state index is 12.3. The van der Waals surface area contributed by atoms with E-state index < -0.39 is 12.0 Å². The average molecular weight is 290 g/mol. The minimum atomic E-state index is -0.932. The maximum atomic E-state index is 12.3. The number of benzene rings is 1. The van der Waals surface area contributed by atoms with E-state index in [1.807, 2.05) is 31.2 Å².